The molecule has 2 aliphatic rings. The van der Waals surface area contributed by atoms with Gasteiger partial charge < -0.3 is 29.4 Å². The van der Waals surface area contributed by atoms with Crippen LogP contribution >= 0.6 is 0 Å². The second-order valence-corrected chi connectivity index (χ2v) is 9.52. The normalized spacial score (nSPS) is 21.3. The van der Waals surface area contributed by atoms with Gasteiger partial charge in [-0.15, -0.1) is 0 Å². The molecule has 1 fully saturated rings. The molecule has 0 bridgehead atoms. The summed E-state index contributed by atoms with van der Waals surface area (Å²) in [6, 6.07) is 8.59. The first-order valence-electron chi connectivity index (χ1n) is 12.5. The highest BCUT2D eigenvalue weighted by molar-refractivity contribution is 5.79. The van der Waals surface area contributed by atoms with E-state index in [1.165, 1.54) is 17.7 Å². The van der Waals surface area contributed by atoms with Crippen molar-refractivity contribution in [1.82, 2.24) is 10.1 Å². The van der Waals surface area contributed by atoms with Crippen LogP contribution in [0.3, 0.4) is 0 Å². The fraction of sp³-hybridized carbons (Fsp3) is 0.519. The van der Waals surface area contributed by atoms with Crippen LogP contribution in [0, 0.1) is 11.7 Å². The molecule has 188 valence electrons. The Bertz CT molecular complexity index is 1160. The second kappa shape index (κ2) is 10.5. The number of benzene rings is 2. The molecule has 0 amide bonds. The van der Waals surface area contributed by atoms with E-state index in [2.05, 4.69) is 16.1 Å². The van der Waals surface area contributed by atoms with E-state index in [-0.39, 0.29) is 18.0 Å². The second-order valence-electron chi connectivity index (χ2n) is 9.52. The summed E-state index contributed by atoms with van der Waals surface area (Å²) >= 11 is 0. The number of halogens is 1. The minimum absolute atomic E-state index is 0.118. The summed E-state index contributed by atoms with van der Waals surface area (Å²) in [5.41, 5.74) is 9.79. The summed E-state index contributed by atoms with van der Waals surface area (Å²) in [4.78, 5) is 2.51. The first-order chi connectivity index (χ1) is 17.1. The molecule has 0 spiro atoms. The largest absolute Gasteiger partial charge is 0.493 e. The van der Waals surface area contributed by atoms with Crippen LogP contribution in [0.5, 0.6) is 11.5 Å². The molecule has 0 saturated carbocycles. The number of piperidine rings is 1. The van der Waals surface area contributed by atoms with Crippen molar-refractivity contribution in [2.45, 2.75) is 44.3 Å². The van der Waals surface area contributed by atoms with Crippen LogP contribution in [-0.2, 0) is 17.6 Å². The van der Waals surface area contributed by atoms with Crippen molar-refractivity contribution in [2.75, 3.05) is 40.4 Å². The highest BCUT2D eigenvalue weighted by Gasteiger charge is 2.36. The van der Waals surface area contributed by atoms with E-state index in [0.717, 1.165) is 79.9 Å². The summed E-state index contributed by atoms with van der Waals surface area (Å²) in [5.74, 6) is 1.74. The number of rotatable bonds is 8. The molecule has 3 heterocycles. The molecule has 0 aliphatic carbocycles. The Morgan fingerprint density at radius 3 is 2.71 bits per heavy atom. The third-order valence-electron chi connectivity index (χ3n) is 7.54. The fourth-order valence-electron chi connectivity index (χ4n) is 5.67. The van der Waals surface area contributed by atoms with Crippen molar-refractivity contribution in [2.24, 2.45) is 11.7 Å². The minimum Gasteiger partial charge on any atom is -0.493 e. The summed E-state index contributed by atoms with van der Waals surface area (Å²) < 4.78 is 36.4. The van der Waals surface area contributed by atoms with Gasteiger partial charge in [0.15, 0.2) is 17.1 Å². The van der Waals surface area contributed by atoms with Crippen LogP contribution in [0.15, 0.2) is 34.9 Å². The van der Waals surface area contributed by atoms with Crippen LogP contribution in [0.2, 0.25) is 0 Å². The number of nitrogens with two attached hydrogens (primary N) is 1. The van der Waals surface area contributed by atoms with Gasteiger partial charge >= 0.3 is 0 Å². The van der Waals surface area contributed by atoms with Gasteiger partial charge in [-0.1, -0.05) is 11.2 Å². The van der Waals surface area contributed by atoms with Crippen molar-refractivity contribution in [1.29, 1.82) is 0 Å². The zero-order valence-corrected chi connectivity index (χ0v) is 20.5. The van der Waals surface area contributed by atoms with Crippen LogP contribution in [-0.4, -0.2) is 56.6 Å². The van der Waals surface area contributed by atoms with Crippen molar-refractivity contribution < 1.29 is 23.1 Å². The Morgan fingerprint density at radius 1 is 1.14 bits per heavy atom. The predicted octanol–water partition coefficient (Wildman–Crippen LogP) is 4.27. The van der Waals surface area contributed by atoms with E-state index in [9.17, 15) is 4.39 Å². The lowest BCUT2D eigenvalue weighted by Crippen LogP contribution is -2.42. The number of methoxy groups -OCH3 is 2. The maximum atomic E-state index is 13.4. The quantitative estimate of drug-likeness (QED) is 0.512. The van der Waals surface area contributed by atoms with Crippen molar-refractivity contribution in [3.63, 3.8) is 0 Å². The number of aromatic nitrogens is 1. The summed E-state index contributed by atoms with van der Waals surface area (Å²) in [5, 5.41) is 5.05. The number of ether oxygens (including phenoxy) is 3. The molecule has 35 heavy (non-hydrogen) atoms. The van der Waals surface area contributed by atoms with Gasteiger partial charge in [0.25, 0.3) is 0 Å². The van der Waals surface area contributed by atoms with E-state index >= 15 is 0 Å². The minimum atomic E-state index is -0.302. The van der Waals surface area contributed by atoms with Crippen LogP contribution in [0.4, 0.5) is 4.39 Å². The predicted molar refractivity (Wildman–Crippen MR) is 131 cm³/mol. The molecular weight excluding hydrogens is 449 g/mol. The van der Waals surface area contributed by atoms with Crippen molar-refractivity contribution in [3.8, 4) is 11.5 Å². The lowest BCUT2D eigenvalue weighted by Gasteiger charge is -2.40. The molecule has 1 aromatic heterocycles. The number of hydrogen-bond donors (Lipinski definition) is 1. The number of nitrogens with zero attached hydrogens (tertiary/aromatic N) is 2. The Kier molecular flexibility index (Phi) is 7.22. The van der Waals surface area contributed by atoms with Gasteiger partial charge in [0.1, 0.15) is 5.82 Å². The first kappa shape index (κ1) is 24.0. The van der Waals surface area contributed by atoms with Gasteiger partial charge in [0, 0.05) is 30.0 Å². The average Bonchev–Trinajstić information content (AvgIpc) is 3.29. The zero-order valence-electron chi connectivity index (χ0n) is 20.5. The Hall–Kier alpha value is -2.68. The number of likely N-dealkylation sites (tertiary alicyclic amines) is 1. The summed E-state index contributed by atoms with van der Waals surface area (Å²) in [6.45, 7) is 3.55. The molecule has 0 radical (unpaired) electrons. The first-order valence-corrected chi connectivity index (χ1v) is 12.5. The molecule has 7 nitrogen and oxygen atoms in total. The van der Waals surface area contributed by atoms with Gasteiger partial charge in [-0.3, -0.25) is 0 Å². The van der Waals surface area contributed by atoms with Gasteiger partial charge in [-0.25, -0.2) is 4.39 Å². The number of aryl methyl sites for hydroxylation is 1. The third-order valence-corrected chi connectivity index (χ3v) is 7.54. The van der Waals surface area contributed by atoms with Gasteiger partial charge in [0.2, 0.25) is 0 Å². The molecule has 0 unspecified atom stereocenters. The molecule has 8 heteroatoms. The van der Waals surface area contributed by atoms with Crippen LogP contribution < -0.4 is 15.2 Å². The maximum absolute atomic E-state index is 13.4. The molecule has 2 N–H and O–H groups in total. The molecule has 2 aromatic carbocycles. The number of fused-ring (bicyclic) bond motifs is 2. The lowest BCUT2D eigenvalue weighted by molar-refractivity contribution is -0.0647. The Balaban J connectivity index is 1.17. The van der Waals surface area contributed by atoms with Crippen molar-refractivity contribution in [3.05, 3.63) is 53.0 Å². The van der Waals surface area contributed by atoms with Crippen LogP contribution in [0.25, 0.3) is 11.0 Å². The summed E-state index contributed by atoms with van der Waals surface area (Å²) in [6.07, 6.45) is 4.82. The topological polar surface area (TPSA) is 83.0 Å². The van der Waals surface area contributed by atoms with Crippen molar-refractivity contribution >= 4 is 11.0 Å². The molecule has 3 aromatic rings. The van der Waals surface area contributed by atoms with E-state index in [1.54, 1.807) is 20.3 Å². The standard InChI is InChI=1S/C27H34FN3O4/c1-32-23-8-7-19-21(27(23)33-2)15-24(34-26(19)16-29)17-9-12-31(13-10-17)11-3-4-22-20-6-5-18(28)14-25(20)35-30-22/h5-8,14,17,24,26H,3-4,9-13,15-16,29H2,1-2H3/t24-,26-/m0/s1. The highest BCUT2D eigenvalue weighted by atomic mass is 19.1. The lowest BCUT2D eigenvalue weighted by atomic mass is 9.83. The summed E-state index contributed by atoms with van der Waals surface area (Å²) in [7, 11) is 3.36. The molecule has 1 saturated heterocycles. The maximum Gasteiger partial charge on any atom is 0.170 e. The zero-order chi connectivity index (χ0) is 24.4. The van der Waals surface area contributed by atoms with E-state index < -0.39 is 0 Å². The third kappa shape index (κ3) is 4.87. The fourth-order valence-corrected chi connectivity index (χ4v) is 5.67. The van der Waals surface area contributed by atoms with E-state index in [4.69, 9.17) is 24.5 Å². The van der Waals surface area contributed by atoms with Gasteiger partial charge in [0.05, 0.1) is 32.1 Å². The highest BCUT2D eigenvalue weighted by Crippen LogP contribution is 2.43. The molecule has 2 atom stereocenters. The molecule has 2 aliphatic heterocycles. The molecule has 5 rings (SSSR count). The van der Waals surface area contributed by atoms with Gasteiger partial charge in [-0.2, -0.15) is 0 Å². The van der Waals surface area contributed by atoms with E-state index in [1.807, 2.05) is 6.07 Å². The number of hydrogen-bond acceptors (Lipinski definition) is 7. The van der Waals surface area contributed by atoms with Gasteiger partial charge in [-0.05, 0) is 75.0 Å². The monoisotopic (exact) mass is 483 g/mol. The Morgan fingerprint density at radius 2 is 1.97 bits per heavy atom. The van der Waals surface area contributed by atoms with E-state index in [0.29, 0.717) is 18.0 Å². The average molecular weight is 484 g/mol. The molecular formula is C27H34FN3O4. The van der Waals surface area contributed by atoms with Crippen LogP contribution in [0.1, 0.15) is 42.2 Å². The Labute approximate surface area is 205 Å². The SMILES string of the molecule is COc1ccc2c(c1OC)C[C@@H](C1CCN(CCCc3noc4cc(F)ccc34)CC1)O[C@H]2CN. The smallest absolute Gasteiger partial charge is 0.170 e.